The molecule has 0 radical (unpaired) electrons. The summed E-state index contributed by atoms with van der Waals surface area (Å²) in [5.41, 5.74) is -0.996. The van der Waals surface area contributed by atoms with Crippen LogP contribution in [-0.4, -0.2) is 42.0 Å². The smallest absolute Gasteiger partial charge is 0.331 e. The van der Waals surface area contributed by atoms with Gasteiger partial charge in [0.25, 0.3) is 0 Å². The summed E-state index contributed by atoms with van der Waals surface area (Å²) in [7, 11) is 0. The zero-order valence-corrected chi connectivity index (χ0v) is 11.5. The van der Waals surface area contributed by atoms with E-state index in [4.69, 9.17) is 4.74 Å². The summed E-state index contributed by atoms with van der Waals surface area (Å²) >= 11 is 0. The number of nitrogens with one attached hydrogen (secondary N) is 1. The van der Waals surface area contributed by atoms with Gasteiger partial charge >= 0.3 is 6.03 Å². The average molecular weight is 280 g/mol. The Kier molecular flexibility index (Phi) is 3.50. The standard InChI is InChI=1S/C14H20N2O4/c17-11-14(6-2-1-3-7-14)12(18)16(13(19)15-11)10-4-8-20-9-5-10/h10H,1-9H2,(H,15,17,19). The molecule has 4 amide bonds. The lowest BCUT2D eigenvalue weighted by molar-refractivity contribution is -0.156. The predicted molar refractivity (Wildman–Crippen MR) is 69.7 cm³/mol. The highest BCUT2D eigenvalue weighted by atomic mass is 16.5. The number of hydrogen-bond acceptors (Lipinski definition) is 4. The van der Waals surface area contributed by atoms with Gasteiger partial charge in [-0.15, -0.1) is 0 Å². The molecule has 20 heavy (non-hydrogen) atoms. The fourth-order valence-corrected chi connectivity index (χ4v) is 3.57. The summed E-state index contributed by atoms with van der Waals surface area (Å²) in [6.07, 6.45) is 5.22. The minimum absolute atomic E-state index is 0.136. The van der Waals surface area contributed by atoms with E-state index in [0.717, 1.165) is 19.3 Å². The van der Waals surface area contributed by atoms with Crippen LogP contribution in [0.5, 0.6) is 0 Å². The Labute approximate surface area is 117 Å². The Morgan fingerprint density at radius 1 is 1.05 bits per heavy atom. The van der Waals surface area contributed by atoms with Crippen LogP contribution in [0.2, 0.25) is 0 Å². The Morgan fingerprint density at radius 2 is 1.70 bits per heavy atom. The SMILES string of the molecule is O=C1NC(=O)C2(CCCCC2)C(=O)N1C1CCOCC1. The van der Waals surface area contributed by atoms with Gasteiger partial charge in [-0.3, -0.25) is 19.8 Å². The van der Waals surface area contributed by atoms with Crippen molar-refractivity contribution in [2.75, 3.05) is 13.2 Å². The van der Waals surface area contributed by atoms with E-state index in [1.807, 2.05) is 0 Å². The van der Waals surface area contributed by atoms with Crippen molar-refractivity contribution in [3.63, 3.8) is 0 Å². The molecule has 3 rings (SSSR count). The number of urea groups is 1. The molecule has 1 N–H and O–H groups in total. The quantitative estimate of drug-likeness (QED) is 0.732. The van der Waals surface area contributed by atoms with E-state index in [1.54, 1.807) is 0 Å². The predicted octanol–water partition coefficient (Wildman–Crippen LogP) is 1.19. The molecule has 6 heteroatoms. The number of rotatable bonds is 1. The van der Waals surface area contributed by atoms with Gasteiger partial charge < -0.3 is 4.74 Å². The largest absolute Gasteiger partial charge is 0.381 e. The number of hydrogen-bond donors (Lipinski definition) is 1. The number of carbonyl (C=O) groups excluding carboxylic acids is 3. The Hall–Kier alpha value is -1.43. The van der Waals surface area contributed by atoms with Gasteiger partial charge in [-0.1, -0.05) is 19.3 Å². The highest BCUT2D eigenvalue weighted by molar-refractivity contribution is 6.19. The number of barbiturate groups is 1. The van der Waals surface area contributed by atoms with Crippen LogP contribution in [0.25, 0.3) is 0 Å². The lowest BCUT2D eigenvalue weighted by Crippen LogP contribution is -2.66. The lowest BCUT2D eigenvalue weighted by atomic mass is 9.71. The van der Waals surface area contributed by atoms with Gasteiger partial charge in [-0.25, -0.2) is 4.79 Å². The molecule has 1 saturated carbocycles. The topological polar surface area (TPSA) is 75.7 Å². The van der Waals surface area contributed by atoms with Gasteiger partial charge in [0.15, 0.2) is 0 Å². The zero-order chi connectivity index (χ0) is 14.2. The van der Waals surface area contributed by atoms with E-state index in [0.29, 0.717) is 38.9 Å². The fourth-order valence-electron chi connectivity index (χ4n) is 3.57. The van der Waals surface area contributed by atoms with Gasteiger partial charge in [0.1, 0.15) is 5.41 Å². The van der Waals surface area contributed by atoms with Gasteiger partial charge in [0.05, 0.1) is 0 Å². The normalized spacial score (nSPS) is 27.8. The minimum atomic E-state index is -0.996. The highest BCUT2D eigenvalue weighted by Gasteiger charge is 2.55. The molecule has 0 bridgehead atoms. The summed E-state index contributed by atoms with van der Waals surface area (Å²) in [5, 5.41) is 2.40. The summed E-state index contributed by atoms with van der Waals surface area (Å²) in [6, 6.07) is -0.689. The van der Waals surface area contributed by atoms with E-state index in [-0.39, 0.29) is 11.9 Å². The van der Waals surface area contributed by atoms with Crippen LogP contribution in [-0.2, 0) is 14.3 Å². The second-order valence-corrected chi connectivity index (χ2v) is 5.92. The van der Waals surface area contributed by atoms with Crippen molar-refractivity contribution >= 4 is 17.8 Å². The molecule has 3 fully saturated rings. The Balaban J connectivity index is 1.88. The summed E-state index contributed by atoms with van der Waals surface area (Å²) in [6.45, 7) is 1.12. The number of carbonyl (C=O) groups is 3. The Bertz CT molecular complexity index is 436. The van der Waals surface area contributed by atoms with Crippen molar-refractivity contribution < 1.29 is 19.1 Å². The molecule has 0 aromatic rings. The molecular formula is C14H20N2O4. The summed E-state index contributed by atoms with van der Waals surface area (Å²) in [4.78, 5) is 38.4. The molecule has 2 heterocycles. The van der Waals surface area contributed by atoms with Gasteiger partial charge in [0.2, 0.25) is 11.8 Å². The molecule has 3 aliphatic rings. The van der Waals surface area contributed by atoms with Crippen LogP contribution < -0.4 is 5.32 Å². The van der Waals surface area contributed by atoms with E-state index >= 15 is 0 Å². The van der Waals surface area contributed by atoms with Crippen molar-refractivity contribution in [1.29, 1.82) is 0 Å². The molecule has 1 aliphatic carbocycles. The zero-order valence-electron chi connectivity index (χ0n) is 11.5. The van der Waals surface area contributed by atoms with E-state index in [9.17, 15) is 14.4 Å². The minimum Gasteiger partial charge on any atom is -0.381 e. The van der Waals surface area contributed by atoms with Crippen molar-refractivity contribution in [2.24, 2.45) is 5.41 Å². The third kappa shape index (κ3) is 2.02. The molecule has 1 spiro atoms. The monoisotopic (exact) mass is 280 g/mol. The molecule has 110 valence electrons. The summed E-state index contributed by atoms with van der Waals surface area (Å²) < 4.78 is 5.28. The van der Waals surface area contributed by atoms with Crippen LogP contribution in [0.4, 0.5) is 4.79 Å². The van der Waals surface area contributed by atoms with E-state index < -0.39 is 17.4 Å². The van der Waals surface area contributed by atoms with Crippen LogP contribution in [0.3, 0.4) is 0 Å². The third-order valence-corrected chi connectivity index (χ3v) is 4.77. The first-order valence-corrected chi connectivity index (χ1v) is 7.42. The first-order valence-electron chi connectivity index (χ1n) is 7.42. The third-order valence-electron chi connectivity index (χ3n) is 4.77. The number of imide groups is 2. The maximum atomic E-state index is 12.8. The number of amides is 4. The lowest BCUT2D eigenvalue weighted by Gasteiger charge is -2.44. The second kappa shape index (κ2) is 5.16. The number of ether oxygens (including phenoxy) is 1. The van der Waals surface area contributed by atoms with E-state index in [2.05, 4.69) is 5.32 Å². The Morgan fingerprint density at radius 3 is 2.35 bits per heavy atom. The molecule has 2 aliphatic heterocycles. The first kappa shape index (κ1) is 13.5. The van der Waals surface area contributed by atoms with Crippen LogP contribution >= 0.6 is 0 Å². The van der Waals surface area contributed by atoms with Gasteiger partial charge in [-0.05, 0) is 25.7 Å². The van der Waals surface area contributed by atoms with Crippen LogP contribution in [0.15, 0.2) is 0 Å². The van der Waals surface area contributed by atoms with Crippen molar-refractivity contribution in [2.45, 2.75) is 51.0 Å². The molecular weight excluding hydrogens is 260 g/mol. The summed E-state index contributed by atoms with van der Waals surface area (Å²) in [5.74, 6) is -0.673. The average Bonchev–Trinajstić information content (AvgIpc) is 2.48. The van der Waals surface area contributed by atoms with Crippen molar-refractivity contribution in [3.8, 4) is 0 Å². The fraction of sp³-hybridized carbons (Fsp3) is 0.786. The van der Waals surface area contributed by atoms with Crippen LogP contribution in [0, 0.1) is 5.41 Å². The molecule has 0 unspecified atom stereocenters. The van der Waals surface area contributed by atoms with E-state index in [1.165, 1.54) is 4.90 Å². The molecule has 0 aromatic heterocycles. The highest BCUT2D eigenvalue weighted by Crippen LogP contribution is 2.41. The molecule has 0 atom stereocenters. The maximum absolute atomic E-state index is 12.8. The van der Waals surface area contributed by atoms with Crippen molar-refractivity contribution in [1.82, 2.24) is 10.2 Å². The van der Waals surface area contributed by atoms with Crippen LogP contribution in [0.1, 0.15) is 44.9 Å². The molecule has 2 saturated heterocycles. The maximum Gasteiger partial charge on any atom is 0.331 e. The molecule has 0 aromatic carbocycles. The van der Waals surface area contributed by atoms with Crippen molar-refractivity contribution in [3.05, 3.63) is 0 Å². The molecule has 6 nitrogen and oxygen atoms in total. The second-order valence-electron chi connectivity index (χ2n) is 5.92. The van der Waals surface area contributed by atoms with Gasteiger partial charge in [0, 0.05) is 19.3 Å². The number of nitrogens with zero attached hydrogens (tertiary/aromatic N) is 1. The first-order chi connectivity index (χ1) is 9.65. The van der Waals surface area contributed by atoms with Gasteiger partial charge in [-0.2, -0.15) is 0 Å².